The van der Waals surface area contributed by atoms with E-state index in [1.165, 1.54) is 6.07 Å². The molecule has 0 aliphatic heterocycles. The highest BCUT2D eigenvalue weighted by Crippen LogP contribution is 2.13. The molecule has 1 unspecified atom stereocenters. The molecule has 0 bridgehead atoms. The number of nitrogens with two attached hydrogens (primary N) is 1. The second-order valence-electron chi connectivity index (χ2n) is 4.21. The topological polar surface area (TPSA) is 88.6 Å². The fourth-order valence-electron chi connectivity index (χ4n) is 1.52. The van der Waals surface area contributed by atoms with Crippen molar-refractivity contribution in [3.63, 3.8) is 0 Å². The number of nitrogens with zero attached hydrogens (tertiary/aromatic N) is 1. The van der Waals surface area contributed by atoms with Crippen LogP contribution in [0.5, 0.6) is 0 Å². The Labute approximate surface area is 102 Å². The summed E-state index contributed by atoms with van der Waals surface area (Å²) in [6.45, 7) is 2.59. The van der Waals surface area contributed by atoms with E-state index in [2.05, 4.69) is 4.72 Å². The molecule has 0 aliphatic carbocycles. The van der Waals surface area contributed by atoms with Crippen molar-refractivity contribution in [1.29, 1.82) is 0 Å². The van der Waals surface area contributed by atoms with Crippen LogP contribution in [0.4, 0.5) is 0 Å². The van der Waals surface area contributed by atoms with E-state index >= 15 is 0 Å². The molecule has 0 radical (unpaired) electrons. The predicted octanol–water partition coefficient (Wildman–Crippen LogP) is -0.0333. The molecule has 3 N–H and O–H groups in total. The predicted molar refractivity (Wildman–Crippen MR) is 64.9 cm³/mol. The van der Waals surface area contributed by atoms with Crippen LogP contribution in [0.3, 0.4) is 0 Å². The summed E-state index contributed by atoms with van der Waals surface area (Å²) in [5, 5.41) is -0.0939. The Morgan fingerprint density at radius 1 is 1.47 bits per heavy atom. The number of sulfonamides is 1. The Morgan fingerprint density at radius 3 is 2.59 bits per heavy atom. The largest absolute Gasteiger partial charge is 0.447 e. The highest BCUT2D eigenvalue weighted by Gasteiger charge is 2.21. The number of nitrogens with one attached hydrogen (secondary N) is 1. The van der Waals surface area contributed by atoms with Gasteiger partial charge in [0.2, 0.25) is 5.09 Å². The van der Waals surface area contributed by atoms with Crippen LogP contribution in [-0.2, 0) is 16.6 Å². The third-order valence-corrected chi connectivity index (χ3v) is 3.56. The minimum atomic E-state index is -3.59. The van der Waals surface area contributed by atoms with Gasteiger partial charge >= 0.3 is 0 Å². The number of rotatable bonds is 6. The van der Waals surface area contributed by atoms with E-state index in [1.807, 2.05) is 19.0 Å². The van der Waals surface area contributed by atoms with Crippen LogP contribution in [0.1, 0.15) is 12.7 Å². The van der Waals surface area contributed by atoms with Crippen LogP contribution in [0.25, 0.3) is 0 Å². The Bertz CT molecular complexity index is 453. The van der Waals surface area contributed by atoms with Crippen molar-refractivity contribution in [3.8, 4) is 0 Å². The van der Waals surface area contributed by atoms with E-state index < -0.39 is 10.0 Å². The molecule has 0 aliphatic rings. The molecule has 1 heterocycles. The van der Waals surface area contributed by atoms with E-state index in [-0.39, 0.29) is 17.7 Å². The Hall–Kier alpha value is -0.890. The lowest BCUT2D eigenvalue weighted by molar-refractivity contribution is 0.365. The molecule has 0 aromatic carbocycles. The van der Waals surface area contributed by atoms with Gasteiger partial charge in [-0.15, -0.1) is 0 Å². The molecular formula is C10H19N3O3S. The molecule has 0 saturated carbocycles. The third-order valence-electron chi connectivity index (χ3n) is 2.10. The van der Waals surface area contributed by atoms with Crippen LogP contribution >= 0.6 is 0 Å². The first-order chi connectivity index (χ1) is 7.85. The van der Waals surface area contributed by atoms with Crippen LogP contribution in [-0.4, -0.2) is 40.0 Å². The number of likely N-dealkylation sites (N-methyl/N-ethyl adjacent to an activating group) is 1. The molecular weight excluding hydrogens is 242 g/mol. The van der Waals surface area contributed by atoms with Crippen molar-refractivity contribution in [1.82, 2.24) is 9.62 Å². The van der Waals surface area contributed by atoms with Gasteiger partial charge in [-0.1, -0.05) is 0 Å². The summed E-state index contributed by atoms with van der Waals surface area (Å²) < 4.78 is 31.4. The molecule has 0 saturated heterocycles. The summed E-state index contributed by atoms with van der Waals surface area (Å²) in [6, 6.07) is 2.78. The average molecular weight is 261 g/mol. The van der Waals surface area contributed by atoms with Gasteiger partial charge in [-0.25, -0.2) is 13.1 Å². The lowest BCUT2D eigenvalue weighted by atomic mass is 10.3. The number of hydrogen-bond donors (Lipinski definition) is 2. The maximum absolute atomic E-state index is 11.9. The maximum atomic E-state index is 11.9. The van der Waals surface area contributed by atoms with Crippen LogP contribution in [0.2, 0.25) is 0 Å². The minimum absolute atomic E-state index is 0.0939. The van der Waals surface area contributed by atoms with Crippen LogP contribution in [0.15, 0.2) is 21.6 Å². The van der Waals surface area contributed by atoms with E-state index in [1.54, 1.807) is 13.0 Å². The molecule has 0 amide bonds. The van der Waals surface area contributed by atoms with Crippen molar-refractivity contribution in [2.45, 2.75) is 24.6 Å². The van der Waals surface area contributed by atoms with Gasteiger partial charge in [0.25, 0.3) is 10.0 Å². The molecule has 0 fully saturated rings. The van der Waals surface area contributed by atoms with E-state index in [0.717, 1.165) is 0 Å². The Kier molecular flexibility index (Phi) is 4.70. The fraction of sp³-hybridized carbons (Fsp3) is 0.600. The zero-order chi connectivity index (χ0) is 13.1. The van der Waals surface area contributed by atoms with E-state index in [4.69, 9.17) is 10.2 Å². The van der Waals surface area contributed by atoms with Gasteiger partial charge in [-0.3, -0.25) is 0 Å². The molecule has 6 nitrogen and oxygen atoms in total. The lowest BCUT2D eigenvalue weighted by Crippen LogP contribution is -2.39. The lowest BCUT2D eigenvalue weighted by Gasteiger charge is -2.17. The molecule has 1 atom stereocenters. The van der Waals surface area contributed by atoms with E-state index in [9.17, 15) is 8.42 Å². The second-order valence-corrected chi connectivity index (χ2v) is 5.85. The van der Waals surface area contributed by atoms with Gasteiger partial charge in [0.1, 0.15) is 5.76 Å². The standard InChI is InChI=1S/C10H19N3O3S/c1-8(7-13(2)3)12-17(14,15)10-5-4-9(6-11)16-10/h4-5,8,12H,6-7,11H2,1-3H3. The first-order valence-corrected chi connectivity index (χ1v) is 6.79. The van der Waals surface area contributed by atoms with Gasteiger partial charge < -0.3 is 15.1 Å². The smallest absolute Gasteiger partial charge is 0.274 e. The molecule has 17 heavy (non-hydrogen) atoms. The summed E-state index contributed by atoms with van der Waals surface area (Å²) >= 11 is 0. The van der Waals surface area contributed by atoms with Gasteiger partial charge in [0.05, 0.1) is 6.54 Å². The van der Waals surface area contributed by atoms with Crippen LogP contribution in [0, 0.1) is 0 Å². The van der Waals surface area contributed by atoms with Crippen molar-refractivity contribution >= 4 is 10.0 Å². The molecule has 1 aromatic heterocycles. The average Bonchev–Trinajstić information content (AvgIpc) is 2.63. The minimum Gasteiger partial charge on any atom is -0.447 e. The molecule has 98 valence electrons. The van der Waals surface area contributed by atoms with Crippen molar-refractivity contribution in [3.05, 3.63) is 17.9 Å². The third kappa shape index (κ3) is 4.12. The fourth-order valence-corrected chi connectivity index (χ4v) is 2.70. The van der Waals surface area contributed by atoms with Gasteiger partial charge in [-0.05, 0) is 33.2 Å². The molecule has 7 heteroatoms. The summed E-state index contributed by atoms with van der Waals surface area (Å²) in [5.74, 6) is 0.450. The van der Waals surface area contributed by atoms with Crippen molar-refractivity contribution in [2.75, 3.05) is 20.6 Å². The number of furan rings is 1. The summed E-state index contributed by atoms with van der Waals surface area (Å²) in [5.41, 5.74) is 5.36. The van der Waals surface area contributed by atoms with Crippen molar-refractivity contribution in [2.24, 2.45) is 5.73 Å². The SMILES string of the molecule is CC(CN(C)C)NS(=O)(=O)c1ccc(CN)o1. The molecule has 1 aromatic rings. The van der Waals surface area contributed by atoms with Crippen LogP contribution < -0.4 is 10.5 Å². The van der Waals surface area contributed by atoms with E-state index in [0.29, 0.717) is 12.3 Å². The first-order valence-electron chi connectivity index (χ1n) is 5.31. The Balaban J connectivity index is 2.74. The van der Waals surface area contributed by atoms with Gasteiger partial charge in [0.15, 0.2) is 0 Å². The van der Waals surface area contributed by atoms with Gasteiger partial charge in [0, 0.05) is 12.6 Å². The summed E-state index contributed by atoms with van der Waals surface area (Å²) in [7, 11) is 0.165. The second kappa shape index (κ2) is 5.63. The zero-order valence-corrected chi connectivity index (χ0v) is 11.1. The highest BCUT2D eigenvalue weighted by molar-refractivity contribution is 7.89. The monoisotopic (exact) mass is 261 g/mol. The van der Waals surface area contributed by atoms with Crippen molar-refractivity contribution < 1.29 is 12.8 Å². The zero-order valence-electron chi connectivity index (χ0n) is 10.3. The first kappa shape index (κ1) is 14.2. The maximum Gasteiger partial charge on any atom is 0.274 e. The normalized spacial score (nSPS) is 14.2. The van der Waals surface area contributed by atoms with Gasteiger partial charge in [-0.2, -0.15) is 0 Å². The number of hydrogen-bond acceptors (Lipinski definition) is 5. The molecule has 0 spiro atoms. The highest BCUT2D eigenvalue weighted by atomic mass is 32.2. The summed E-state index contributed by atoms with van der Waals surface area (Å²) in [6.07, 6.45) is 0. The Morgan fingerprint density at radius 2 is 2.12 bits per heavy atom. The quantitative estimate of drug-likeness (QED) is 0.750. The summed E-state index contributed by atoms with van der Waals surface area (Å²) in [4.78, 5) is 1.90. The molecule has 1 rings (SSSR count).